The third kappa shape index (κ3) is 3.92. The van der Waals surface area contributed by atoms with Gasteiger partial charge in [0.15, 0.2) is 11.5 Å². The minimum Gasteiger partial charge on any atom is -0.493 e. The highest BCUT2D eigenvalue weighted by Gasteiger charge is 2.30. The summed E-state index contributed by atoms with van der Waals surface area (Å²) in [5, 5.41) is 9.44. The minimum atomic E-state index is -0.865. The number of hydrogen-bond donors (Lipinski definition) is 1. The van der Waals surface area contributed by atoms with Crippen LogP contribution in [0.3, 0.4) is 0 Å². The molecule has 0 aliphatic carbocycles. The zero-order valence-electron chi connectivity index (χ0n) is 15.9. The van der Waals surface area contributed by atoms with Gasteiger partial charge in [-0.1, -0.05) is 0 Å². The standard InChI is InChI=1S/C19H23N3O6/c1-27-15-8-13-14(9-16(15)28-2)20-11-22(18(13)24)6-3-4-17(23)21-7-5-12(10-21)19(25)26/h8-9,11-12H,3-7,10H2,1-2H3,(H,25,26)/t12-/m1/s1. The van der Waals surface area contributed by atoms with Crippen molar-refractivity contribution in [1.82, 2.24) is 14.5 Å². The summed E-state index contributed by atoms with van der Waals surface area (Å²) < 4.78 is 11.9. The average molecular weight is 389 g/mol. The topological polar surface area (TPSA) is 111 Å². The van der Waals surface area contributed by atoms with Crippen LogP contribution >= 0.6 is 0 Å². The second-order valence-corrected chi connectivity index (χ2v) is 6.73. The van der Waals surface area contributed by atoms with Gasteiger partial charge in [0.05, 0.1) is 37.4 Å². The van der Waals surface area contributed by atoms with E-state index in [1.165, 1.54) is 25.1 Å². The van der Waals surface area contributed by atoms with E-state index in [0.717, 1.165) is 0 Å². The van der Waals surface area contributed by atoms with E-state index < -0.39 is 11.9 Å². The Kier molecular flexibility index (Phi) is 5.81. The predicted octanol–water partition coefficient (Wildman–Crippen LogP) is 1.13. The SMILES string of the molecule is COc1cc2ncn(CCCC(=O)N3CC[C@@H](C(=O)O)C3)c(=O)c2cc1OC. The van der Waals surface area contributed by atoms with Crippen LogP contribution in [0.25, 0.3) is 10.9 Å². The number of fused-ring (bicyclic) bond motifs is 1. The van der Waals surface area contributed by atoms with Crippen LogP contribution < -0.4 is 15.0 Å². The molecule has 0 unspecified atom stereocenters. The molecular weight excluding hydrogens is 366 g/mol. The molecule has 28 heavy (non-hydrogen) atoms. The Morgan fingerprint density at radius 2 is 1.96 bits per heavy atom. The maximum Gasteiger partial charge on any atom is 0.308 e. The first-order valence-corrected chi connectivity index (χ1v) is 9.06. The van der Waals surface area contributed by atoms with Crippen LogP contribution in [0.15, 0.2) is 23.3 Å². The number of ether oxygens (including phenoxy) is 2. The summed E-state index contributed by atoms with van der Waals surface area (Å²) in [5.41, 5.74) is 0.289. The van der Waals surface area contributed by atoms with Crippen molar-refractivity contribution in [2.45, 2.75) is 25.8 Å². The number of carbonyl (C=O) groups is 2. The molecule has 3 rings (SSSR count). The molecule has 150 valence electrons. The van der Waals surface area contributed by atoms with Gasteiger partial charge in [-0.2, -0.15) is 0 Å². The number of nitrogens with zero attached hydrogens (tertiary/aromatic N) is 3. The Bertz CT molecular complexity index is 955. The van der Waals surface area contributed by atoms with E-state index in [1.807, 2.05) is 0 Å². The van der Waals surface area contributed by atoms with E-state index in [9.17, 15) is 14.4 Å². The molecule has 1 atom stereocenters. The van der Waals surface area contributed by atoms with Gasteiger partial charge in [-0.25, -0.2) is 4.98 Å². The summed E-state index contributed by atoms with van der Waals surface area (Å²) in [6, 6.07) is 3.25. The molecule has 0 spiro atoms. The van der Waals surface area contributed by atoms with Crippen molar-refractivity contribution in [3.8, 4) is 11.5 Å². The summed E-state index contributed by atoms with van der Waals surface area (Å²) >= 11 is 0. The minimum absolute atomic E-state index is 0.0862. The lowest BCUT2D eigenvalue weighted by atomic mass is 10.1. The maximum absolute atomic E-state index is 12.7. The van der Waals surface area contributed by atoms with Gasteiger partial charge in [-0.15, -0.1) is 0 Å². The molecule has 1 aliphatic heterocycles. The van der Waals surface area contributed by atoms with E-state index in [4.69, 9.17) is 14.6 Å². The lowest BCUT2D eigenvalue weighted by Crippen LogP contribution is -2.30. The highest BCUT2D eigenvalue weighted by Crippen LogP contribution is 2.29. The summed E-state index contributed by atoms with van der Waals surface area (Å²) in [6.45, 7) is 1.07. The maximum atomic E-state index is 12.7. The molecule has 2 heterocycles. The monoisotopic (exact) mass is 389 g/mol. The average Bonchev–Trinajstić information content (AvgIpc) is 3.19. The lowest BCUT2D eigenvalue weighted by Gasteiger charge is -2.16. The molecule has 1 aromatic carbocycles. The molecule has 0 bridgehead atoms. The summed E-state index contributed by atoms with van der Waals surface area (Å²) in [7, 11) is 3.01. The first-order chi connectivity index (χ1) is 13.4. The van der Waals surface area contributed by atoms with Crippen LogP contribution in [0.2, 0.25) is 0 Å². The number of carboxylic acid groups (broad SMARTS) is 1. The quantitative estimate of drug-likeness (QED) is 0.755. The molecule has 0 radical (unpaired) electrons. The number of likely N-dealkylation sites (tertiary alicyclic amines) is 1. The third-order valence-electron chi connectivity index (χ3n) is 5.01. The highest BCUT2D eigenvalue weighted by atomic mass is 16.5. The Labute approximate surface area is 161 Å². The van der Waals surface area contributed by atoms with Crippen molar-refractivity contribution in [3.63, 3.8) is 0 Å². The molecule has 9 heteroatoms. The predicted molar refractivity (Wildman–Crippen MR) is 101 cm³/mol. The van der Waals surface area contributed by atoms with Crippen LogP contribution in [0.5, 0.6) is 11.5 Å². The molecule has 1 saturated heterocycles. The van der Waals surface area contributed by atoms with E-state index in [1.54, 1.807) is 17.0 Å². The van der Waals surface area contributed by atoms with Crippen LogP contribution in [0, 0.1) is 5.92 Å². The van der Waals surface area contributed by atoms with Gasteiger partial charge in [0.25, 0.3) is 5.56 Å². The second-order valence-electron chi connectivity index (χ2n) is 6.73. The van der Waals surface area contributed by atoms with Crippen molar-refractivity contribution in [1.29, 1.82) is 0 Å². The van der Waals surface area contributed by atoms with E-state index in [-0.39, 0.29) is 24.4 Å². The van der Waals surface area contributed by atoms with Crippen molar-refractivity contribution in [2.24, 2.45) is 5.92 Å². The number of carbonyl (C=O) groups excluding carboxylic acids is 1. The second kappa shape index (κ2) is 8.28. The number of hydrogen-bond acceptors (Lipinski definition) is 6. The van der Waals surface area contributed by atoms with Gasteiger partial charge in [0.1, 0.15) is 0 Å². The summed E-state index contributed by atoms with van der Waals surface area (Å²) in [4.78, 5) is 41.8. The fourth-order valence-electron chi connectivity index (χ4n) is 3.39. The van der Waals surface area contributed by atoms with Crippen LogP contribution in [0.4, 0.5) is 0 Å². The highest BCUT2D eigenvalue weighted by molar-refractivity contribution is 5.81. The van der Waals surface area contributed by atoms with Crippen molar-refractivity contribution in [3.05, 3.63) is 28.8 Å². The van der Waals surface area contributed by atoms with Crippen molar-refractivity contribution < 1.29 is 24.2 Å². The lowest BCUT2D eigenvalue weighted by molar-refractivity contribution is -0.141. The Morgan fingerprint density at radius 3 is 2.61 bits per heavy atom. The van der Waals surface area contributed by atoms with E-state index in [0.29, 0.717) is 48.3 Å². The molecule has 2 aromatic rings. The zero-order valence-corrected chi connectivity index (χ0v) is 15.9. The summed E-state index contributed by atoms with van der Waals surface area (Å²) in [6.07, 6.45) is 2.66. The Balaban J connectivity index is 1.66. The van der Waals surface area contributed by atoms with Crippen LogP contribution in [-0.2, 0) is 16.1 Å². The number of amides is 1. The number of aryl methyl sites for hydroxylation is 1. The number of benzene rings is 1. The van der Waals surface area contributed by atoms with E-state index in [2.05, 4.69) is 4.98 Å². The normalized spacial score (nSPS) is 16.4. The fraction of sp³-hybridized carbons (Fsp3) is 0.474. The van der Waals surface area contributed by atoms with Gasteiger partial charge >= 0.3 is 5.97 Å². The van der Waals surface area contributed by atoms with Gasteiger partial charge in [0.2, 0.25) is 5.91 Å². The van der Waals surface area contributed by atoms with Crippen LogP contribution in [-0.4, -0.2) is 58.7 Å². The van der Waals surface area contributed by atoms with Gasteiger partial charge in [-0.05, 0) is 18.9 Å². The van der Waals surface area contributed by atoms with Crippen molar-refractivity contribution in [2.75, 3.05) is 27.3 Å². The Hall–Kier alpha value is -3.10. The largest absolute Gasteiger partial charge is 0.493 e. The van der Waals surface area contributed by atoms with Gasteiger partial charge < -0.3 is 19.5 Å². The first kappa shape index (κ1) is 19.7. The molecule has 1 aromatic heterocycles. The molecular formula is C19H23N3O6. The molecule has 0 saturated carbocycles. The molecule has 1 N–H and O–H groups in total. The molecule has 1 aliphatic rings. The Morgan fingerprint density at radius 1 is 1.25 bits per heavy atom. The summed E-state index contributed by atoms with van der Waals surface area (Å²) in [5.74, 6) is -0.490. The molecule has 1 fully saturated rings. The number of rotatable bonds is 7. The smallest absolute Gasteiger partial charge is 0.308 e. The number of carboxylic acids is 1. The number of aromatic nitrogens is 2. The van der Waals surface area contributed by atoms with E-state index >= 15 is 0 Å². The number of methoxy groups -OCH3 is 2. The number of aliphatic carboxylic acids is 1. The zero-order chi connectivity index (χ0) is 20.3. The molecule has 1 amide bonds. The first-order valence-electron chi connectivity index (χ1n) is 9.06. The van der Waals surface area contributed by atoms with Gasteiger partial charge in [-0.3, -0.25) is 19.0 Å². The van der Waals surface area contributed by atoms with Crippen molar-refractivity contribution >= 4 is 22.8 Å². The fourth-order valence-corrected chi connectivity index (χ4v) is 3.39. The van der Waals surface area contributed by atoms with Crippen LogP contribution in [0.1, 0.15) is 19.3 Å². The third-order valence-corrected chi connectivity index (χ3v) is 5.01. The van der Waals surface area contributed by atoms with Gasteiger partial charge in [0, 0.05) is 32.1 Å². The molecule has 9 nitrogen and oxygen atoms in total.